The second kappa shape index (κ2) is 8.73. The van der Waals surface area contributed by atoms with Crippen LogP contribution in [0.25, 0.3) is 0 Å². The first-order valence-corrected chi connectivity index (χ1v) is 10.4. The first-order chi connectivity index (χ1) is 14.1. The topological polar surface area (TPSA) is 115 Å². The van der Waals surface area contributed by atoms with Crippen molar-refractivity contribution in [1.82, 2.24) is 19.9 Å². The van der Waals surface area contributed by atoms with Gasteiger partial charge in [-0.15, -0.1) is 0 Å². The van der Waals surface area contributed by atoms with Crippen LogP contribution in [0.4, 0.5) is 5.95 Å². The molecule has 0 atom stereocenters. The molecule has 4 heterocycles. The van der Waals surface area contributed by atoms with E-state index in [-0.39, 0.29) is 11.7 Å². The molecule has 0 unspecified atom stereocenters. The maximum absolute atomic E-state index is 10.1. The quantitative estimate of drug-likeness (QED) is 0.525. The Labute approximate surface area is 171 Å². The highest BCUT2D eigenvalue weighted by Gasteiger charge is 2.24. The van der Waals surface area contributed by atoms with Crippen molar-refractivity contribution in [3.05, 3.63) is 41.3 Å². The van der Waals surface area contributed by atoms with E-state index in [1.807, 2.05) is 6.07 Å². The summed E-state index contributed by atoms with van der Waals surface area (Å²) in [7, 11) is 0. The van der Waals surface area contributed by atoms with Crippen molar-refractivity contribution in [3.63, 3.8) is 0 Å². The van der Waals surface area contributed by atoms with E-state index in [4.69, 9.17) is 16.1 Å². The van der Waals surface area contributed by atoms with Crippen LogP contribution in [0.15, 0.2) is 24.4 Å². The molecule has 154 valence electrons. The summed E-state index contributed by atoms with van der Waals surface area (Å²) in [6.07, 6.45) is 7.40. The number of nitrogens with zero attached hydrogens (tertiary/aromatic N) is 5. The molecule has 0 spiro atoms. The molecule has 0 saturated carbocycles. The molecule has 0 bridgehead atoms. The molecular weight excluding hydrogens is 366 g/mol. The Kier molecular flexibility index (Phi) is 5.89. The van der Waals surface area contributed by atoms with E-state index in [1.54, 1.807) is 18.3 Å². The zero-order valence-electron chi connectivity index (χ0n) is 16.7. The zero-order valence-corrected chi connectivity index (χ0v) is 16.7. The molecule has 0 amide bonds. The van der Waals surface area contributed by atoms with Crippen LogP contribution in [0, 0.1) is 5.41 Å². The first-order valence-electron chi connectivity index (χ1n) is 10.4. The number of aromatic nitrogens is 3. The third kappa shape index (κ3) is 4.82. The molecule has 29 heavy (non-hydrogen) atoms. The van der Waals surface area contributed by atoms with E-state index in [1.165, 1.54) is 6.42 Å². The van der Waals surface area contributed by atoms with E-state index in [0.29, 0.717) is 17.6 Å². The summed E-state index contributed by atoms with van der Waals surface area (Å²) in [6, 6.07) is 5.53. The Morgan fingerprint density at radius 1 is 1.10 bits per heavy atom. The van der Waals surface area contributed by atoms with Crippen LogP contribution in [0.5, 0.6) is 5.88 Å². The summed E-state index contributed by atoms with van der Waals surface area (Å²) in [5, 5.41) is 17.6. The third-order valence-corrected chi connectivity index (χ3v) is 5.87. The molecule has 4 rings (SSSR count). The summed E-state index contributed by atoms with van der Waals surface area (Å²) < 4.78 is 0. The van der Waals surface area contributed by atoms with Crippen LogP contribution >= 0.6 is 0 Å². The fraction of sp³-hybridized carbons (Fsp3) is 0.524. The number of aromatic hydroxyl groups is 1. The molecule has 0 aliphatic carbocycles. The summed E-state index contributed by atoms with van der Waals surface area (Å²) >= 11 is 0. The Hall–Kier alpha value is -2.74. The van der Waals surface area contributed by atoms with Crippen LogP contribution in [-0.2, 0) is 6.54 Å². The molecular formula is C21H29N7O. The number of amidine groups is 1. The van der Waals surface area contributed by atoms with Gasteiger partial charge in [-0.2, -0.15) is 4.98 Å². The smallest absolute Gasteiger partial charge is 0.228 e. The lowest BCUT2D eigenvalue weighted by atomic mass is 9.93. The lowest BCUT2D eigenvalue weighted by Crippen LogP contribution is -2.33. The second-order valence-corrected chi connectivity index (χ2v) is 8.01. The number of likely N-dealkylation sites (tertiary alicyclic amines) is 1. The van der Waals surface area contributed by atoms with E-state index >= 15 is 0 Å². The molecule has 8 nitrogen and oxygen atoms in total. The van der Waals surface area contributed by atoms with Crippen LogP contribution in [0.1, 0.15) is 55.0 Å². The van der Waals surface area contributed by atoms with Crippen molar-refractivity contribution in [2.75, 3.05) is 31.1 Å². The highest BCUT2D eigenvalue weighted by Crippen LogP contribution is 2.30. The summed E-state index contributed by atoms with van der Waals surface area (Å²) in [5.41, 5.74) is 8.07. The fourth-order valence-electron chi connectivity index (χ4n) is 4.21. The molecule has 2 aromatic rings. The largest absolute Gasteiger partial charge is 0.493 e. The number of anilines is 1. The minimum atomic E-state index is -0.00519. The number of nitrogens with one attached hydrogen (secondary N) is 1. The molecule has 2 aliphatic heterocycles. The van der Waals surface area contributed by atoms with E-state index < -0.39 is 0 Å². The van der Waals surface area contributed by atoms with Gasteiger partial charge in [-0.05, 0) is 56.8 Å². The molecule has 2 fully saturated rings. The van der Waals surface area contributed by atoms with Gasteiger partial charge in [-0.25, -0.2) is 4.98 Å². The number of nitrogens with two attached hydrogens (primary N) is 1. The molecule has 2 aromatic heterocycles. The lowest BCUT2D eigenvalue weighted by molar-refractivity contribution is 0.203. The number of nitrogen functional groups attached to an aromatic ring is 1. The van der Waals surface area contributed by atoms with Gasteiger partial charge >= 0.3 is 0 Å². The van der Waals surface area contributed by atoms with Crippen molar-refractivity contribution in [2.24, 2.45) is 5.73 Å². The van der Waals surface area contributed by atoms with Gasteiger partial charge in [-0.1, -0.05) is 6.07 Å². The molecule has 2 aliphatic rings. The van der Waals surface area contributed by atoms with Gasteiger partial charge in [0.25, 0.3) is 0 Å². The highest BCUT2D eigenvalue weighted by molar-refractivity contribution is 5.92. The van der Waals surface area contributed by atoms with Crippen LogP contribution in [-0.4, -0.2) is 57.0 Å². The normalized spacial score (nSPS) is 18.7. The maximum Gasteiger partial charge on any atom is 0.228 e. The Morgan fingerprint density at radius 2 is 1.86 bits per heavy atom. The predicted molar refractivity (Wildman–Crippen MR) is 112 cm³/mol. The zero-order chi connectivity index (χ0) is 20.2. The molecule has 4 N–H and O–H groups in total. The molecule has 2 saturated heterocycles. The minimum Gasteiger partial charge on any atom is -0.493 e. The van der Waals surface area contributed by atoms with Crippen molar-refractivity contribution in [2.45, 2.75) is 44.6 Å². The number of hydrogen-bond acceptors (Lipinski definition) is 7. The van der Waals surface area contributed by atoms with Crippen molar-refractivity contribution >= 4 is 11.8 Å². The Morgan fingerprint density at radius 3 is 2.52 bits per heavy atom. The fourth-order valence-corrected chi connectivity index (χ4v) is 4.21. The van der Waals surface area contributed by atoms with Gasteiger partial charge in [0.2, 0.25) is 11.8 Å². The van der Waals surface area contributed by atoms with Crippen molar-refractivity contribution < 1.29 is 5.11 Å². The predicted octanol–water partition coefficient (Wildman–Crippen LogP) is 2.23. The van der Waals surface area contributed by atoms with Crippen molar-refractivity contribution in [1.29, 1.82) is 5.41 Å². The standard InChI is InChI=1S/C21H29N7O/c22-20(23)17-5-4-15(13-24-17)14-27-10-6-16(7-11-27)18-12-19(29)26-21(25-18)28-8-2-1-3-9-28/h4-5,12-13,16H,1-3,6-11,14H2,(H3,22,23)(H,25,26,29). The van der Waals surface area contributed by atoms with Gasteiger partial charge in [0.05, 0.1) is 5.69 Å². The van der Waals surface area contributed by atoms with Gasteiger partial charge in [0, 0.05) is 37.8 Å². The number of piperidine rings is 2. The van der Waals surface area contributed by atoms with Crippen LogP contribution < -0.4 is 10.6 Å². The SMILES string of the molecule is N=C(N)c1ccc(CN2CCC(c3cc(O)nc(N4CCCCC4)n3)CC2)cn1. The molecule has 0 radical (unpaired) electrons. The molecule has 8 heteroatoms. The second-order valence-electron chi connectivity index (χ2n) is 8.01. The number of hydrogen-bond donors (Lipinski definition) is 3. The van der Waals surface area contributed by atoms with E-state index in [2.05, 4.69) is 19.8 Å². The first kappa shape index (κ1) is 19.6. The highest BCUT2D eigenvalue weighted by atomic mass is 16.3. The van der Waals surface area contributed by atoms with Gasteiger partial charge in [0.1, 0.15) is 11.5 Å². The Bertz CT molecular complexity index is 841. The van der Waals surface area contributed by atoms with Crippen LogP contribution in [0.3, 0.4) is 0 Å². The molecule has 0 aromatic carbocycles. The van der Waals surface area contributed by atoms with E-state index in [0.717, 1.165) is 69.7 Å². The summed E-state index contributed by atoms with van der Waals surface area (Å²) in [6.45, 7) is 4.73. The maximum atomic E-state index is 10.1. The average molecular weight is 396 g/mol. The lowest BCUT2D eigenvalue weighted by Gasteiger charge is -2.32. The Balaban J connectivity index is 1.36. The van der Waals surface area contributed by atoms with Gasteiger partial charge in [0.15, 0.2) is 0 Å². The number of rotatable bonds is 5. The van der Waals surface area contributed by atoms with Gasteiger partial charge in [-0.3, -0.25) is 15.3 Å². The van der Waals surface area contributed by atoms with Crippen LogP contribution in [0.2, 0.25) is 0 Å². The monoisotopic (exact) mass is 395 g/mol. The minimum absolute atomic E-state index is 0.00519. The van der Waals surface area contributed by atoms with Crippen molar-refractivity contribution in [3.8, 4) is 5.88 Å². The van der Waals surface area contributed by atoms with E-state index in [9.17, 15) is 5.11 Å². The summed E-state index contributed by atoms with van der Waals surface area (Å²) in [5.74, 6) is 1.10. The average Bonchev–Trinajstić information content (AvgIpc) is 2.75. The summed E-state index contributed by atoms with van der Waals surface area (Å²) in [4.78, 5) is 17.9. The number of pyridine rings is 1. The third-order valence-electron chi connectivity index (χ3n) is 5.87. The van der Waals surface area contributed by atoms with Gasteiger partial charge < -0.3 is 15.7 Å².